The molecule has 0 saturated carbocycles. The van der Waals surface area contributed by atoms with E-state index >= 15 is 0 Å². The van der Waals surface area contributed by atoms with E-state index in [1.165, 1.54) is 30.5 Å². The first-order chi connectivity index (χ1) is 9.02. The van der Waals surface area contributed by atoms with E-state index < -0.39 is 0 Å². The summed E-state index contributed by atoms with van der Waals surface area (Å²) in [5.41, 5.74) is 3.76. The first kappa shape index (κ1) is 12.7. The van der Waals surface area contributed by atoms with Crippen LogP contribution in [0.3, 0.4) is 0 Å². The maximum Gasteiger partial charge on any atom is 0.112 e. The highest BCUT2D eigenvalue weighted by atomic mass is 14.9. The minimum Gasteiger partial charge on any atom is -0.342 e. The fourth-order valence-corrected chi connectivity index (χ4v) is 2.76. The fraction of sp³-hybridized carbons (Fsp3) is 0.562. The zero-order valence-electron chi connectivity index (χ0n) is 12.1. The summed E-state index contributed by atoms with van der Waals surface area (Å²) in [6, 6.07) is 6.66. The Morgan fingerprint density at radius 3 is 2.84 bits per heavy atom. The van der Waals surface area contributed by atoms with E-state index in [1.807, 2.05) is 0 Å². The summed E-state index contributed by atoms with van der Waals surface area (Å²) in [5, 5.41) is 3.43. The number of imidazole rings is 1. The third-order valence-corrected chi connectivity index (χ3v) is 3.94. The van der Waals surface area contributed by atoms with Crippen molar-refractivity contribution in [3.8, 4) is 0 Å². The molecule has 1 aromatic heterocycles. The molecule has 1 fully saturated rings. The van der Waals surface area contributed by atoms with Gasteiger partial charge in [0.1, 0.15) is 5.82 Å². The number of H-pyrrole nitrogens is 1. The molecular formula is C16H23N3. The van der Waals surface area contributed by atoms with Gasteiger partial charge in [0.15, 0.2) is 0 Å². The Balaban J connectivity index is 1.87. The highest BCUT2D eigenvalue weighted by molar-refractivity contribution is 5.76. The molecule has 3 nitrogen and oxygen atoms in total. The molecule has 1 aromatic carbocycles. The molecule has 1 aliphatic rings. The second kappa shape index (κ2) is 4.64. The summed E-state index contributed by atoms with van der Waals surface area (Å²) >= 11 is 0. The largest absolute Gasteiger partial charge is 0.342 e. The minimum atomic E-state index is 0.0779. The molecule has 0 aliphatic carbocycles. The van der Waals surface area contributed by atoms with Crippen LogP contribution in [0.2, 0.25) is 0 Å². The zero-order valence-corrected chi connectivity index (χ0v) is 12.1. The van der Waals surface area contributed by atoms with Gasteiger partial charge in [-0.1, -0.05) is 26.8 Å². The van der Waals surface area contributed by atoms with Gasteiger partial charge in [-0.25, -0.2) is 4.98 Å². The Kier molecular flexibility index (Phi) is 3.09. The summed E-state index contributed by atoms with van der Waals surface area (Å²) in [6.45, 7) is 8.90. The number of aromatic amines is 1. The van der Waals surface area contributed by atoms with Crippen LogP contribution < -0.4 is 5.32 Å². The van der Waals surface area contributed by atoms with Gasteiger partial charge in [0.25, 0.3) is 0 Å². The molecule has 2 heterocycles. The van der Waals surface area contributed by atoms with Gasteiger partial charge in [-0.05, 0) is 49.5 Å². The van der Waals surface area contributed by atoms with Gasteiger partial charge in [0.2, 0.25) is 0 Å². The Bertz CT molecular complexity index is 571. The van der Waals surface area contributed by atoms with E-state index in [0.29, 0.717) is 0 Å². The van der Waals surface area contributed by atoms with Crippen molar-refractivity contribution in [2.45, 2.75) is 39.0 Å². The average Bonchev–Trinajstić information content (AvgIpc) is 2.95. The zero-order chi connectivity index (χ0) is 13.5. The predicted molar refractivity (Wildman–Crippen MR) is 79.5 cm³/mol. The van der Waals surface area contributed by atoms with E-state index in [-0.39, 0.29) is 5.41 Å². The average molecular weight is 257 g/mol. The molecule has 3 heteroatoms. The van der Waals surface area contributed by atoms with E-state index in [9.17, 15) is 0 Å². The summed E-state index contributed by atoms with van der Waals surface area (Å²) in [5.74, 6) is 1.87. The van der Waals surface area contributed by atoms with Gasteiger partial charge in [-0.15, -0.1) is 0 Å². The van der Waals surface area contributed by atoms with Gasteiger partial charge in [0, 0.05) is 5.41 Å². The normalized spacial score (nSPS) is 20.3. The maximum atomic E-state index is 4.69. The summed E-state index contributed by atoms with van der Waals surface area (Å²) in [4.78, 5) is 8.16. The highest BCUT2D eigenvalue weighted by Gasteiger charge is 2.19. The van der Waals surface area contributed by atoms with Crippen LogP contribution in [-0.4, -0.2) is 23.1 Å². The number of aromatic nitrogens is 2. The molecule has 1 aliphatic heterocycles. The number of rotatable bonds is 2. The number of hydrogen-bond acceptors (Lipinski definition) is 2. The van der Waals surface area contributed by atoms with Crippen molar-refractivity contribution < 1.29 is 0 Å². The molecule has 19 heavy (non-hydrogen) atoms. The maximum absolute atomic E-state index is 4.69. The Morgan fingerprint density at radius 2 is 2.16 bits per heavy atom. The van der Waals surface area contributed by atoms with Gasteiger partial charge in [-0.3, -0.25) is 0 Å². The van der Waals surface area contributed by atoms with E-state index in [4.69, 9.17) is 0 Å². The number of nitrogens with one attached hydrogen (secondary N) is 2. The molecule has 2 aromatic rings. The van der Waals surface area contributed by atoms with Crippen LogP contribution in [0.1, 0.15) is 38.6 Å². The van der Waals surface area contributed by atoms with Crippen LogP contribution in [0, 0.1) is 5.92 Å². The van der Waals surface area contributed by atoms with Crippen molar-refractivity contribution in [1.29, 1.82) is 0 Å². The third-order valence-electron chi connectivity index (χ3n) is 3.94. The third kappa shape index (κ3) is 2.66. The van der Waals surface area contributed by atoms with Crippen molar-refractivity contribution >= 4 is 11.0 Å². The second-order valence-corrected chi connectivity index (χ2v) is 6.75. The first-order valence-corrected chi connectivity index (χ1v) is 7.22. The van der Waals surface area contributed by atoms with Crippen LogP contribution in [-0.2, 0) is 11.8 Å². The lowest BCUT2D eigenvalue weighted by atomic mass is 9.96. The van der Waals surface area contributed by atoms with Gasteiger partial charge in [-0.2, -0.15) is 0 Å². The van der Waals surface area contributed by atoms with E-state index in [2.05, 4.69) is 54.3 Å². The van der Waals surface area contributed by atoms with Gasteiger partial charge >= 0.3 is 0 Å². The number of fused-ring (bicyclic) bond motifs is 1. The topological polar surface area (TPSA) is 40.7 Å². The summed E-state index contributed by atoms with van der Waals surface area (Å²) in [6.07, 6.45) is 2.47. The van der Waals surface area contributed by atoms with Crippen LogP contribution in [0.5, 0.6) is 0 Å². The Morgan fingerprint density at radius 1 is 1.32 bits per heavy atom. The number of hydrogen-bond donors (Lipinski definition) is 2. The quantitative estimate of drug-likeness (QED) is 0.868. The predicted octanol–water partition coefficient (Wildman–Crippen LogP) is 3.01. The molecule has 1 saturated heterocycles. The number of nitrogens with zero attached hydrogens (tertiary/aromatic N) is 1. The molecular weight excluding hydrogens is 234 g/mol. The van der Waals surface area contributed by atoms with Crippen molar-refractivity contribution in [2.75, 3.05) is 13.1 Å². The smallest absolute Gasteiger partial charge is 0.112 e. The molecule has 3 rings (SSSR count). The van der Waals surface area contributed by atoms with Crippen LogP contribution >= 0.6 is 0 Å². The Hall–Kier alpha value is -1.35. The van der Waals surface area contributed by atoms with Crippen molar-refractivity contribution in [1.82, 2.24) is 15.3 Å². The lowest BCUT2D eigenvalue weighted by Gasteiger charge is -2.13. The van der Waals surface area contributed by atoms with E-state index in [1.54, 1.807) is 0 Å². The Labute approximate surface area is 114 Å². The van der Waals surface area contributed by atoms with Crippen LogP contribution in [0.25, 0.3) is 11.0 Å². The molecule has 1 unspecified atom stereocenters. The molecule has 0 amide bonds. The first-order valence-electron chi connectivity index (χ1n) is 7.22. The highest BCUT2D eigenvalue weighted by Crippen LogP contribution is 2.24. The van der Waals surface area contributed by atoms with Crippen LogP contribution in [0.15, 0.2) is 18.2 Å². The van der Waals surface area contributed by atoms with Crippen molar-refractivity contribution in [3.63, 3.8) is 0 Å². The van der Waals surface area contributed by atoms with Gasteiger partial charge < -0.3 is 10.3 Å². The minimum absolute atomic E-state index is 0.0779. The number of benzene rings is 1. The lowest BCUT2D eigenvalue weighted by Crippen LogP contribution is -2.12. The molecule has 2 N–H and O–H groups in total. The van der Waals surface area contributed by atoms with Gasteiger partial charge in [0.05, 0.1) is 11.0 Å². The summed E-state index contributed by atoms with van der Waals surface area (Å²) < 4.78 is 0. The summed E-state index contributed by atoms with van der Waals surface area (Å²) in [7, 11) is 0. The standard InChI is InChI=1S/C16H23N3/c1-16(2,3)15-18-13-5-4-11(9-14(13)19-15)8-12-6-7-17-10-12/h4-5,9,12,17H,6-8,10H2,1-3H3,(H,18,19). The second-order valence-electron chi connectivity index (χ2n) is 6.75. The SMILES string of the molecule is CC(C)(C)c1nc2ccc(CC3CCNC3)cc2[nH]1. The molecule has 0 spiro atoms. The van der Waals surface area contributed by atoms with Crippen molar-refractivity contribution in [2.24, 2.45) is 5.92 Å². The molecule has 0 radical (unpaired) electrons. The van der Waals surface area contributed by atoms with Crippen molar-refractivity contribution in [3.05, 3.63) is 29.6 Å². The van der Waals surface area contributed by atoms with Crippen LogP contribution in [0.4, 0.5) is 0 Å². The monoisotopic (exact) mass is 257 g/mol. The fourth-order valence-electron chi connectivity index (χ4n) is 2.76. The van der Waals surface area contributed by atoms with E-state index in [0.717, 1.165) is 23.8 Å². The molecule has 0 bridgehead atoms. The molecule has 1 atom stereocenters. The lowest BCUT2D eigenvalue weighted by molar-refractivity contribution is 0.554. The molecule has 102 valence electrons.